The lowest BCUT2D eigenvalue weighted by Gasteiger charge is -2.16. The molecule has 2 aliphatic heterocycles. The monoisotopic (exact) mass is 440 g/mol. The number of rotatable bonds is 5. The van der Waals surface area contributed by atoms with Crippen LogP contribution in [0.25, 0.3) is 5.57 Å². The number of aryl methyl sites for hydroxylation is 3. The minimum atomic E-state index is -0.409. The van der Waals surface area contributed by atoms with Crippen molar-refractivity contribution in [2.75, 3.05) is 17.0 Å². The number of imide groups is 1. The third-order valence-corrected chi connectivity index (χ3v) is 5.98. The average molecular weight is 440 g/mol. The first kappa shape index (κ1) is 20.8. The third-order valence-electron chi connectivity index (χ3n) is 5.98. The van der Waals surface area contributed by atoms with Crippen LogP contribution in [0.5, 0.6) is 11.5 Å². The van der Waals surface area contributed by atoms with Crippen LogP contribution in [0.15, 0.2) is 66.4 Å². The summed E-state index contributed by atoms with van der Waals surface area (Å²) >= 11 is 0. The largest absolute Gasteiger partial charge is 0.454 e. The zero-order chi connectivity index (χ0) is 23.1. The SMILES string of the molecule is CCc1ccc(NC2=C(c3ccc(C)cc3C)C(=O)N(c3ccc4c(c3)OCO4)C2=O)cc1. The van der Waals surface area contributed by atoms with Crippen LogP contribution >= 0.6 is 0 Å². The molecule has 1 N–H and O–H groups in total. The summed E-state index contributed by atoms with van der Waals surface area (Å²) in [5.41, 5.74) is 5.75. The van der Waals surface area contributed by atoms with Gasteiger partial charge in [-0.25, -0.2) is 4.90 Å². The Bertz CT molecular complexity index is 1310. The maximum atomic E-state index is 13.7. The number of hydrogen-bond donors (Lipinski definition) is 1. The van der Waals surface area contributed by atoms with Crippen molar-refractivity contribution in [3.63, 3.8) is 0 Å². The van der Waals surface area contributed by atoms with Gasteiger partial charge in [0, 0.05) is 11.8 Å². The molecule has 3 aromatic carbocycles. The van der Waals surface area contributed by atoms with Crippen molar-refractivity contribution in [2.24, 2.45) is 0 Å². The molecule has 6 nitrogen and oxygen atoms in total. The van der Waals surface area contributed by atoms with Crippen LogP contribution in [0.2, 0.25) is 0 Å². The Balaban J connectivity index is 1.60. The highest BCUT2D eigenvalue weighted by molar-refractivity contribution is 6.46. The van der Waals surface area contributed by atoms with Gasteiger partial charge < -0.3 is 14.8 Å². The zero-order valence-corrected chi connectivity index (χ0v) is 18.8. The molecular weight excluding hydrogens is 416 g/mol. The van der Waals surface area contributed by atoms with E-state index in [1.165, 1.54) is 10.5 Å². The number of fused-ring (bicyclic) bond motifs is 1. The van der Waals surface area contributed by atoms with Gasteiger partial charge in [-0.2, -0.15) is 0 Å². The van der Waals surface area contributed by atoms with E-state index in [1.807, 2.05) is 56.3 Å². The quantitative estimate of drug-likeness (QED) is 0.566. The summed E-state index contributed by atoms with van der Waals surface area (Å²) in [6.45, 7) is 6.16. The maximum absolute atomic E-state index is 13.7. The van der Waals surface area contributed by atoms with Crippen molar-refractivity contribution in [2.45, 2.75) is 27.2 Å². The number of hydrogen-bond acceptors (Lipinski definition) is 5. The Morgan fingerprint density at radius 3 is 2.36 bits per heavy atom. The van der Waals surface area contributed by atoms with E-state index in [4.69, 9.17) is 9.47 Å². The second kappa shape index (κ2) is 8.13. The predicted molar refractivity (Wildman–Crippen MR) is 127 cm³/mol. The fourth-order valence-corrected chi connectivity index (χ4v) is 4.22. The van der Waals surface area contributed by atoms with Gasteiger partial charge in [-0.1, -0.05) is 42.8 Å². The number of nitrogens with zero attached hydrogens (tertiary/aromatic N) is 1. The Morgan fingerprint density at radius 2 is 1.64 bits per heavy atom. The smallest absolute Gasteiger partial charge is 0.282 e. The van der Waals surface area contributed by atoms with Crippen LogP contribution in [0, 0.1) is 13.8 Å². The molecule has 0 saturated heterocycles. The lowest BCUT2D eigenvalue weighted by Crippen LogP contribution is -2.32. The molecule has 0 aliphatic carbocycles. The van der Waals surface area contributed by atoms with Gasteiger partial charge in [-0.05, 0) is 61.2 Å². The first-order chi connectivity index (χ1) is 16.0. The summed E-state index contributed by atoms with van der Waals surface area (Å²) < 4.78 is 10.8. The van der Waals surface area contributed by atoms with Crippen molar-refractivity contribution < 1.29 is 19.1 Å². The van der Waals surface area contributed by atoms with E-state index in [9.17, 15) is 9.59 Å². The average Bonchev–Trinajstić information content (AvgIpc) is 3.37. The summed E-state index contributed by atoms with van der Waals surface area (Å²) in [6, 6.07) is 18.8. The molecule has 2 amide bonds. The number of amides is 2. The van der Waals surface area contributed by atoms with E-state index in [1.54, 1.807) is 18.2 Å². The number of carbonyl (C=O) groups is 2. The fraction of sp³-hybridized carbons (Fsp3) is 0.185. The minimum Gasteiger partial charge on any atom is -0.454 e. The van der Waals surface area contributed by atoms with Gasteiger partial charge in [-0.3, -0.25) is 9.59 Å². The van der Waals surface area contributed by atoms with Gasteiger partial charge >= 0.3 is 0 Å². The van der Waals surface area contributed by atoms with Crippen LogP contribution in [0.4, 0.5) is 11.4 Å². The van der Waals surface area contributed by atoms with Gasteiger partial charge in [0.15, 0.2) is 11.5 Å². The maximum Gasteiger partial charge on any atom is 0.282 e. The third kappa shape index (κ3) is 3.63. The second-order valence-corrected chi connectivity index (χ2v) is 8.23. The molecule has 33 heavy (non-hydrogen) atoms. The molecule has 0 radical (unpaired) electrons. The Hall–Kier alpha value is -4.06. The van der Waals surface area contributed by atoms with Gasteiger partial charge in [0.1, 0.15) is 5.70 Å². The highest BCUT2D eigenvalue weighted by atomic mass is 16.7. The topological polar surface area (TPSA) is 67.9 Å². The van der Waals surface area contributed by atoms with Crippen LogP contribution < -0.4 is 19.7 Å². The number of anilines is 2. The standard InChI is InChI=1S/C27H24N2O4/c1-4-18-6-8-19(9-7-18)28-25-24(21-11-5-16(2)13-17(21)3)26(30)29(27(25)31)20-10-12-22-23(14-20)33-15-32-22/h5-14,28H,4,15H2,1-3H3. The Morgan fingerprint density at radius 1 is 0.879 bits per heavy atom. The van der Waals surface area contributed by atoms with Crippen molar-refractivity contribution in [3.8, 4) is 11.5 Å². The highest BCUT2D eigenvalue weighted by Crippen LogP contribution is 2.40. The number of nitrogens with one attached hydrogen (secondary N) is 1. The molecule has 3 aromatic rings. The molecule has 2 heterocycles. The molecule has 0 aromatic heterocycles. The molecule has 2 aliphatic rings. The molecular formula is C27H24N2O4. The predicted octanol–water partition coefficient (Wildman–Crippen LogP) is 4.99. The normalized spacial score (nSPS) is 14.9. The van der Waals surface area contributed by atoms with E-state index in [2.05, 4.69) is 12.2 Å². The highest BCUT2D eigenvalue weighted by Gasteiger charge is 2.41. The summed E-state index contributed by atoms with van der Waals surface area (Å²) in [6.07, 6.45) is 0.923. The van der Waals surface area contributed by atoms with Gasteiger partial charge in [0.05, 0.1) is 11.3 Å². The van der Waals surface area contributed by atoms with Gasteiger partial charge in [-0.15, -0.1) is 0 Å². The molecule has 0 bridgehead atoms. The number of ether oxygens (including phenoxy) is 2. The summed E-state index contributed by atoms with van der Waals surface area (Å²) in [7, 11) is 0. The molecule has 5 rings (SSSR count). The first-order valence-corrected chi connectivity index (χ1v) is 10.9. The first-order valence-electron chi connectivity index (χ1n) is 10.9. The molecule has 0 fully saturated rings. The Labute approximate surface area is 192 Å². The van der Waals surface area contributed by atoms with Crippen LogP contribution in [0.3, 0.4) is 0 Å². The molecule has 0 spiro atoms. The molecule has 0 atom stereocenters. The van der Waals surface area contributed by atoms with Crippen molar-refractivity contribution in [1.29, 1.82) is 0 Å². The van der Waals surface area contributed by atoms with Crippen molar-refractivity contribution >= 4 is 28.8 Å². The molecule has 0 saturated carbocycles. The molecule has 166 valence electrons. The number of benzene rings is 3. The van der Waals surface area contributed by atoms with Gasteiger partial charge in [0.2, 0.25) is 6.79 Å². The molecule has 0 unspecified atom stereocenters. The summed E-state index contributed by atoms with van der Waals surface area (Å²) in [5.74, 6) is 0.319. The van der Waals surface area contributed by atoms with Crippen molar-refractivity contribution in [3.05, 3.63) is 88.6 Å². The fourth-order valence-electron chi connectivity index (χ4n) is 4.22. The lowest BCUT2D eigenvalue weighted by molar-refractivity contribution is -0.120. The van der Waals surface area contributed by atoms with E-state index in [0.29, 0.717) is 22.8 Å². The Kier molecular flexibility index (Phi) is 5.13. The lowest BCUT2D eigenvalue weighted by atomic mass is 9.97. The van der Waals surface area contributed by atoms with Gasteiger partial charge in [0.25, 0.3) is 11.8 Å². The molecule has 6 heteroatoms. The van der Waals surface area contributed by atoms with E-state index < -0.39 is 5.91 Å². The van der Waals surface area contributed by atoms with Crippen molar-refractivity contribution in [1.82, 2.24) is 0 Å². The second-order valence-electron chi connectivity index (χ2n) is 8.23. The number of carbonyl (C=O) groups excluding carboxylic acids is 2. The van der Waals surface area contributed by atoms with E-state index in [-0.39, 0.29) is 18.4 Å². The van der Waals surface area contributed by atoms with E-state index >= 15 is 0 Å². The summed E-state index contributed by atoms with van der Waals surface area (Å²) in [5, 5.41) is 3.23. The van der Waals surface area contributed by atoms with Crippen LogP contribution in [0.1, 0.15) is 29.2 Å². The van der Waals surface area contributed by atoms with Crippen LogP contribution in [-0.4, -0.2) is 18.6 Å². The summed E-state index contributed by atoms with van der Waals surface area (Å²) in [4.78, 5) is 28.5. The zero-order valence-electron chi connectivity index (χ0n) is 18.8. The minimum absolute atomic E-state index is 0.118. The van der Waals surface area contributed by atoms with Crippen LogP contribution in [-0.2, 0) is 16.0 Å². The van der Waals surface area contributed by atoms with E-state index in [0.717, 1.165) is 28.8 Å².